The van der Waals surface area contributed by atoms with Crippen LogP contribution in [0, 0.1) is 11.7 Å². The molecule has 2 heterocycles. The van der Waals surface area contributed by atoms with Crippen LogP contribution < -0.4 is 10.1 Å². The van der Waals surface area contributed by atoms with E-state index in [9.17, 15) is 14.0 Å². The number of piperazine rings is 1. The molecule has 2 aliphatic heterocycles. The van der Waals surface area contributed by atoms with Crippen molar-refractivity contribution < 1.29 is 18.7 Å². The summed E-state index contributed by atoms with van der Waals surface area (Å²) in [5.74, 6) is 0.611. The molecule has 0 bridgehead atoms. The van der Waals surface area contributed by atoms with Crippen LogP contribution in [-0.2, 0) is 11.3 Å². The topological polar surface area (TPSA) is 65.1 Å². The Labute approximate surface area is 213 Å². The van der Waals surface area contributed by atoms with E-state index in [1.807, 2.05) is 4.90 Å². The van der Waals surface area contributed by atoms with Gasteiger partial charge in [0, 0.05) is 57.4 Å². The Balaban J connectivity index is 1.61. The molecule has 0 saturated carbocycles. The molecule has 7 nitrogen and oxygen atoms in total. The SMILES string of the molecule is COc1cccc(C(=O)N2CC(N(Cc3ccc(F)cc3)CC(C)C)CC2C(=O)N2CCNCC2)c1. The summed E-state index contributed by atoms with van der Waals surface area (Å²) in [5.41, 5.74) is 1.53. The molecule has 194 valence electrons. The molecule has 8 heteroatoms. The second kappa shape index (κ2) is 11.8. The fourth-order valence-electron chi connectivity index (χ4n) is 5.19. The van der Waals surface area contributed by atoms with E-state index in [1.54, 1.807) is 48.4 Å². The summed E-state index contributed by atoms with van der Waals surface area (Å²) in [6.07, 6.45) is 0.576. The highest BCUT2D eigenvalue weighted by molar-refractivity contribution is 5.98. The summed E-state index contributed by atoms with van der Waals surface area (Å²) >= 11 is 0. The van der Waals surface area contributed by atoms with Gasteiger partial charge in [-0.3, -0.25) is 14.5 Å². The number of likely N-dealkylation sites (tertiary alicyclic amines) is 1. The maximum atomic E-state index is 13.7. The summed E-state index contributed by atoms with van der Waals surface area (Å²) in [5, 5.41) is 3.29. The quantitative estimate of drug-likeness (QED) is 0.609. The minimum absolute atomic E-state index is 0.0153. The first kappa shape index (κ1) is 26.1. The lowest BCUT2D eigenvalue weighted by Crippen LogP contribution is -2.53. The van der Waals surface area contributed by atoms with Crippen LogP contribution in [0.15, 0.2) is 48.5 Å². The third-order valence-corrected chi connectivity index (χ3v) is 6.99. The van der Waals surface area contributed by atoms with E-state index in [0.717, 1.165) is 25.2 Å². The van der Waals surface area contributed by atoms with Gasteiger partial charge in [0.25, 0.3) is 5.91 Å². The molecule has 2 aliphatic rings. The minimum atomic E-state index is -0.519. The van der Waals surface area contributed by atoms with Crippen molar-refractivity contribution in [3.05, 3.63) is 65.5 Å². The smallest absolute Gasteiger partial charge is 0.254 e. The number of methoxy groups -OCH3 is 1. The zero-order valence-corrected chi connectivity index (χ0v) is 21.5. The van der Waals surface area contributed by atoms with Crippen molar-refractivity contribution in [3.8, 4) is 5.75 Å². The van der Waals surface area contributed by atoms with Crippen LogP contribution in [-0.4, -0.2) is 85.0 Å². The summed E-state index contributed by atoms with van der Waals surface area (Å²) in [4.78, 5) is 33.4. The van der Waals surface area contributed by atoms with Gasteiger partial charge in [-0.05, 0) is 48.2 Å². The van der Waals surface area contributed by atoms with Crippen molar-refractivity contribution in [2.45, 2.75) is 38.9 Å². The number of halogens is 1. The van der Waals surface area contributed by atoms with Crippen LogP contribution in [0.5, 0.6) is 5.75 Å². The lowest BCUT2D eigenvalue weighted by Gasteiger charge is -2.32. The first-order valence-electron chi connectivity index (χ1n) is 12.8. The maximum Gasteiger partial charge on any atom is 0.254 e. The van der Waals surface area contributed by atoms with Gasteiger partial charge in [-0.1, -0.05) is 32.0 Å². The van der Waals surface area contributed by atoms with Crippen LogP contribution in [0.25, 0.3) is 0 Å². The van der Waals surface area contributed by atoms with Crippen molar-refractivity contribution in [3.63, 3.8) is 0 Å². The molecule has 2 unspecified atom stereocenters. The number of hydrogen-bond acceptors (Lipinski definition) is 5. The van der Waals surface area contributed by atoms with Crippen molar-refractivity contribution in [1.82, 2.24) is 20.0 Å². The summed E-state index contributed by atoms with van der Waals surface area (Å²) in [6.45, 7) is 9.05. The Hall–Kier alpha value is -2.97. The predicted molar refractivity (Wildman–Crippen MR) is 137 cm³/mol. The van der Waals surface area contributed by atoms with Gasteiger partial charge in [-0.25, -0.2) is 4.39 Å². The monoisotopic (exact) mass is 496 g/mol. The molecule has 0 radical (unpaired) electrons. The number of benzene rings is 2. The van der Waals surface area contributed by atoms with Gasteiger partial charge in [-0.2, -0.15) is 0 Å². The number of ether oxygens (including phenoxy) is 1. The third-order valence-electron chi connectivity index (χ3n) is 6.99. The molecule has 4 rings (SSSR count). The molecule has 0 spiro atoms. The molecule has 36 heavy (non-hydrogen) atoms. The van der Waals surface area contributed by atoms with E-state index in [4.69, 9.17) is 4.74 Å². The number of hydrogen-bond donors (Lipinski definition) is 1. The van der Waals surface area contributed by atoms with Gasteiger partial charge in [-0.15, -0.1) is 0 Å². The lowest BCUT2D eigenvalue weighted by atomic mass is 10.1. The van der Waals surface area contributed by atoms with Crippen LogP contribution in [0.4, 0.5) is 4.39 Å². The number of rotatable bonds is 8. The zero-order chi connectivity index (χ0) is 25.7. The largest absolute Gasteiger partial charge is 0.497 e. The Morgan fingerprint density at radius 1 is 1.14 bits per heavy atom. The van der Waals surface area contributed by atoms with Gasteiger partial charge >= 0.3 is 0 Å². The van der Waals surface area contributed by atoms with E-state index in [0.29, 0.717) is 49.8 Å². The number of carbonyl (C=O) groups excluding carboxylic acids is 2. The predicted octanol–water partition coefficient (Wildman–Crippen LogP) is 3.01. The summed E-state index contributed by atoms with van der Waals surface area (Å²) in [7, 11) is 1.57. The molecule has 2 aromatic carbocycles. The van der Waals surface area contributed by atoms with Gasteiger partial charge in [0.05, 0.1) is 7.11 Å². The Kier molecular flexibility index (Phi) is 8.59. The average molecular weight is 497 g/mol. The highest BCUT2D eigenvalue weighted by Gasteiger charge is 2.43. The van der Waals surface area contributed by atoms with Gasteiger partial charge in [0.15, 0.2) is 0 Å². The average Bonchev–Trinajstić information content (AvgIpc) is 3.34. The Bertz CT molecular complexity index is 1040. The minimum Gasteiger partial charge on any atom is -0.497 e. The highest BCUT2D eigenvalue weighted by Crippen LogP contribution is 2.29. The maximum absolute atomic E-state index is 13.7. The zero-order valence-electron chi connectivity index (χ0n) is 21.5. The van der Waals surface area contributed by atoms with E-state index in [2.05, 4.69) is 24.1 Å². The Morgan fingerprint density at radius 2 is 1.86 bits per heavy atom. The van der Waals surface area contributed by atoms with Crippen LogP contribution in [0.1, 0.15) is 36.2 Å². The molecule has 2 saturated heterocycles. The normalized spacial score (nSPS) is 20.3. The van der Waals surface area contributed by atoms with Crippen molar-refractivity contribution in [1.29, 1.82) is 0 Å². The Morgan fingerprint density at radius 3 is 2.53 bits per heavy atom. The summed E-state index contributed by atoms with van der Waals surface area (Å²) < 4.78 is 18.8. The molecule has 2 fully saturated rings. The van der Waals surface area contributed by atoms with Crippen LogP contribution in [0.2, 0.25) is 0 Å². The first-order chi connectivity index (χ1) is 17.4. The molecule has 0 aliphatic carbocycles. The van der Waals surface area contributed by atoms with Crippen LogP contribution in [0.3, 0.4) is 0 Å². The van der Waals surface area contributed by atoms with Gasteiger partial charge < -0.3 is 19.9 Å². The van der Waals surface area contributed by atoms with E-state index < -0.39 is 6.04 Å². The second-order valence-corrected chi connectivity index (χ2v) is 10.1. The molecule has 0 aromatic heterocycles. The molecular formula is C28H37FN4O3. The number of amides is 2. The fourth-order valence-corrected chi connectivity index (χ4v) is 5.19. The number of nitrogens with one attached hydrogen (secondary N) is 1. The van der Waals surface area contributed by atoms with E-state index in [1.165, 1.54) is 12.1 Å². The lowest BCUT2D eigenvalue weighted by molar-refractivity contribution is -0.135. The standard InChI is InChI=1S/C28H37FN4O3/c1-20(2)17-32(18-21-7-9-23(29)10-8-21)24-16-26(28(35)31-13-11-30-12-14-31)33(19-24)27(34)22-5-4-6-25(15-22)36-3/h4-10,15,20,24,26,30H,11-14,16-19H2,1-3H3. The second-order valence-electron chi connectivity index (χ2n) is 10.1. The van der Waals surface area contributed by atoms with E-state index >= 15 is 0 Å². The number of nitrogens with zero attached hydrogens (tertiary/aromatic N) is 3. The van der Waals surface area contributed by atoms with Crippen LogP contribution >= 0.6 is 0 Å². The highest BCUT2D eigenvalue weighted by atomic mass is 19.1. The molecule has 2 atom stereocenters. The third kappa shape index (κ3) is 6.23. The molecular weight excluding hydrogens is 459 g/mol. The van der Waals surface area contributed by atoms with Gasteiger partial charge in [0.1, 0.15) is 17.6 Å². The van der Waals surface area contributed by atoms with Crippen molar-refractivity contribution in [2.75, 3.05) is 46.4 Å². The molecule has 1 N–H and O–H groups in total. The van der Waals surface area contributed by atoms with Crippen molar-refractivity contribution in [2.24, 2.45) is 5.92 Å². The summed E-state index contributed by atoms with van der Waals surface area (Å²) in [6, 6.07) is 13.2. The van der Waals surface area contributed by atoms with E-state index in [-0.39, 0.29) is 23.7 Å². The molecule has 2 aromatic rings. The fraction of sp³-hybridized carbons (Fsp3) is 0.500. The first-order valence-corrected chi connectivity index (χ1v) is 12.8. The van der Waals surface area contributed by atoms with Gasteiger partial charge in [0.2, 0.25) is 5.91 Å². The number of carbonyl (C=O) groups is 2. The molecule has 2 amide bonds. The van der Waals surface area contributed by atoms with Crippen molar-refractivity contribution >= 4 is 11.8 Å².